The molecule has 1 aromatic heterocycles. The molecule has 14 heavy (non-hydrogen) atoms. The molecule has 0 saturated heterocycles. The van der Waals surface area contributed by atoms with Crippen LogP contribution in [0.4, 0.5) is 13.2 Å². The number of hydrogen-bond acceptors (Lipinski definition) is 2. The van der Waals surface area contributed by atoms with Gasteiger partial charge in [0.1, 0.15) is 0 Å². The summed E-state index contributed by atoms with van der Waals surface area (Å²) < 4.78 is 36.6. The molecule has 0 aliphatic heterocycles. The SMILES string of the molecule is O=c1cc(C2CC2)nc(C(F)(F)F)[nH]1. The van der Waals surface area contributed by atoms with Crippen LogP contribution in [0.2, 0.25) is 0 Å². The number of aromatic nitrogens is 2. The molecule has 76 valence electrons. The topological polar surface area (TPSA) is 45.8 Å². The Balaban J connectivity index is 2.46. The van der Waals surface area contributed by atoms with Gasteiger partial charge in [-0.25, -0.2) is 4.98 Å². The lowest BCUT2D eigenvalue weighted by Gasteiger charge is -2.06. The monoisotopic (exact) mass is 204 g/mol. The van der Waals surface area contributed by atoms with Crippen LogP contribution < -0.4 is 5.56 Å². The summed E-state index contributed by atoms with van der Waals surface area (Å²) in [5.41, 5.74) is -0.490. The lowest BCUT2D eigenvalue weighted by Crippen LogP contribution is -2.19. The fraction of sp³-hybridized carbons (Fsp3) is 0.500. The zero-order chi connectivity index (χ0) is 10.3. The molecule has 1 aliphatic rings. The molecule has 1 N–H and O–H groups in total. The van der Waals surface area contributed by atoms with E-state index in [0.717, 1.165) is 18.9 Å². The van der Waals surface area contributed by atoms with Crippen LogP contribution in [0.25, 0.3) is 0 Å². The summed E-state index contributed by atoms with van der Waals surface area (Å²) in [6, 6.07) is 1.13. The Kier molecular flexibility index (Phi) is 1.87. The van der Waals surface area contributed by atoms with E-state index < -0.39 is 17.6 Å². The number of aromatic amines is 1. The summed E-state index contributed by atoms with van der Waals surface area (Å²) >= 11 is 0. The van der Waals surface area contributed by atoms with Crippen molar-refractivity contribution in [3.63, 3.8) is 0 Å². The highest BCUT2D eigenvalue weighted by Crippen LogP contribution is 2.39. The molecule has 0 radical (unpaired) electrons. The third-order valence-corrected chi connectivity index (χ3v) is 2.03. The molecule has 6 heteroatoms. The maximum atomic E-state index is 12.2. The second-order valence-electron chi connectivity index (χ2n) is 3.29. The summed E-state index contributed by atoms with van der Waals surface area (Å²) in [5.74, 6) is -1.16. The molecular weight excluding hydrogens is 197 g/mol. The van der Waals surface area contributed by atoms with Crippen LogP contribution in [0, 0.1) is 0 Å². The molecule has 2 rings (SSSR count). The molecule has 0 spiro atoms. The predicted molar refractivity (Wildman–Crippen MR) is 41.8 cm³/mol. The third kappa shape index (κ3) is 1.78. The van der Waals surface area contributed by atoms with Crippen molar-refractivity contribution < 1.29 is 13.2 Å². The number of nitrogens with one attached hydrogen (secondary N) is 1. The lowest BCUT2D eigenvalue weighted by molar-refractivity contribution is -0.145. The number of halogens is 3. The van der Waals surface area contributed by atoms with Crippen molar-refractivity contribution in [2.24, 2.45) is 0 Å². The van der Waals surface area contributed by atoms with Crippen molar-refractivity contribution >= 4 is 0 Å². The van der Waals surface area contributed by atoms with Gasteiger partial charge in [-0.15, -0.1) is 0 Å². The minimum absolute atomic E-state index is 0.0402. The summed E-state index contributed by atoms with van der Waals surface area (Å²) in [4.78, 5) is 16.0. The van der Waals surface area contributed by atoms with Crippen molar-refractivity contribution in [1.29, 1.82) is 0 Å². The highest BCUT2D eigenvalue weighted by Gasteiger charge is 2.36. The van der Waals surface area contributed by atoms with Gasteiger partial charge in [-0.05, 0) is 12.8 Å². The minimum Gasteiger partial charge on any atom is -0.303 e. The largest absolute Gasteiger partial charge is 0.449 e. The predicted octanol–water partition coefficient (Wildman–Crippen LogP) is 1.67. The molecule has 1 fully saturated rings. The van der Waals surface area contributed by atoms with Crippen LogP contribution in [-0.2, 0) is 6.18 Å². The quantitative estimate of drug-likeness (QED) is 0.756. The molecule has 1 heterocycles. The lowest BCUT2D eigenvalue weighted by atomic mass is 10.3. The smallest absolute Gasteiger partial charge is 0.303 e. The van der Waals surface area contributed by atoms with Gasteiger partial charge in [-0.1, -0.05) is 0 Å². The maximum Gasteiger partial charge on any atom is 0.449 e. The van der Waals surface area contributed by atoms with E-state index in [1.54, 1.807) is 4.98 Å². The molecule has 0 atom stereocenters. The van der Waals surface area contributed by atoms with Gasteiger partial charge in [0, 0.05) is 12.0 Å². The van der Waals surface area contributed by atoms with Gasteiger partial charge in [0.15, 0.2) is 0 Å². The molecule has 1 aromatic rings. The number of H-pyrrole nitrogens is 1. The van der Waals surface area contributed by atoms with E-state index in [1.165, 1.54) is 0 Å². The molecule has 0 unspecified atom stereocenters. The van der Waals surface area contributed by atoms with Crippen LogP contribution in [0.3, 0.4) is 0 Å². The zero-order valence-electron chi connectivity index (χ0n) is 7.06. The summed E-state index contributed by atoms with van der Waals surface area (Å²) in [6.45, 7) is 0. The maximum absolute atomic E-state index is 12.2. The Hall–Kier alpha value is -1.33. The summed E-state index contributed by atoms with van der Waals surface area (Å²) in [6.07, 6.45) is -2.95. The van der Waals surface area contributed by atoms with Crippen molar-refractivity contribution in [2.75, 3.05) is 0 Å². The second-order valence-corrected chi connectivity index (χ2v) is 3.29. The Morgan fingerprint density at radius 1 is 1.43 bits per heavy atom. The van der Waals surface area contributed by atoms with Gasteiger partial charge in [0.2, 0.25) is 5.82 Å². The first-order valence-electron chi connectivity index (χ1n) is 4.15. The Morgan fingerprint density at radius 2 is 2.07 bits per heavy atom. The van der Waals surface area contributed by atoms with E-state index in [0.29, 0.717) is 0 Å². The molecule has 1 aliphatic carbocycles. The molecule has 0 aromatic carbocycles. The van der Waals surface area contributed by atoms with Crippen LogP contribution >= 0.6 is 0 Å². The van der Waals surface area contributed by atoms with Crippen molar-refractivity contribution in [1.82, 2.24) is 9.97 Å². The Labute approximate surface area is 77.0 Å². The number of nitrogens with zero attached hydrogens (tertiary/aromatic N) is 1. The van der Waals surface area contributed by atoms with Crippen LogP contribution in [0.1, 0.15) is 30.3 Å². The first-order chi connectivity index (χ1) is 6.47. The van der Waals surface area contributed by atoms with E-state index in [9.17, 15) is 18.0 Å². The van der Waals surface area contributed by atoms with Gasteiger partial charge >= 0.3 is 6.18 Å². The third-order valence-electron chi connectivity index (χ3n) is 2.03. The van der Waals surface area contributed by atoms with Crippen LogP contribution in [0.5, 0.6) is 0 Å². The highest BCUT2D eigenvalue weighted by molar-refractivity contribution is 5.14. The molecule has 1 saturated carbocycles. The van der Waals surface area contributed by atoms with E-state index in [1.807, 2.05) is 0 Å². The standard InChI is InChI=1S/C8H7F3N2O/c9-8(10,11)7-12-5(4-1-2-4)3-6(14)13-7/h3-4H,1-2H2,(H,12,13,14). The molecule has 0 bridgehead atoms. The Morgan fingerprint density at radius 3 is 2.57 bits per heavy atom. The van der Waals surface area contributed by atoms with E-state index in [2.05, 4.69) is 4.98 Å². The average molecular weight is 204 g/mol. The summed E-state index contributed by atoms with van der Waals surface area (Å²) in [7, 11) is 0. The fourth-order valence-corrected chi connectivity index (χ4v) is 1.20. The van der Waals surface area contributed by atoms with E-state index in [-0.39, 0.29) is 11.6 Å². The van der Waals surface area contributed by atoms with Crippen molar-refractivity contribution in [2.45, 2.75) is 24.9 Å². The van der Waals surface area contributed by atoms with Gasteiger partial charge in [0.05, 0.1) is 5.69 Å². The zero-order valence-corrected chi connectivity index (χ0v) is 7.06. The Bertz CT molecular complexity index is 406. The van der Waals surface area contributed by atoms with Crippen molar-refractivity contribution in [3.05, 3.63) is 27.9 Å². The van der Waals surface area contributed by atoms with E-state index in [4.69, 9.17) is 0 Å². The number of alkyl halides is 3. The van der Waals surface area contributed by atoms with Gasteiger partial charge in [0.25, 0.3) is 5.56 Å². The van der Waals surface area contributed by atoms with Gasteiger partial charge in [-0.3, -0.25) is 4.79 Å². The number of hydrogen-bond donors (Lipinski definition) is 1. The van der Waals surface area contributed by atoms with Gasteiger partial charge in [-0.2, -0.15) is 13.2 Å². The highest BCUT2D eigenvalue weighted by atomic mass is 19.4. The van der Waals surface area contributed by atoms with Gasteiger partial charge < -0.3 is 4.98 Å². The summed E-state index contributed by atoms with van der Waals surface area (Å²) in [5, 5.41) is 0. The average Bonchev–Trinajstić information content (AvgIpc) is 2.83. The molecule has 0 amide bonds. The fourth-order valence-electron chi connectivity index (χ4n) is 1.20. The van der Waals surface area contributed by atoms with Crippen molar-refractivity contribution in [3.8, 4) is 0 Å². The minimum atomic E-state index is -4.58. The first kappa shape index (κ1) is 9.23. The molecular formula is C8H7F3N2O. The first-order valence-corrected chi connectivity index (χ1v) is 4.15. The van der Waals surface area contributed by atoms with Crippen LogP contribution in [0.15, 0.2) is 10.9 Å². The van der Waals surface area contributed by atoms with Crippen LogP contribution in [-0.4, -0.2) is 9.97 Å². The number of rotatable bonds is 1. The normalized spacial score (nSPS) is 17.1. The second kappa shape index (κ2) is 2.83. The van der Waals surface area contributed by atoms with E-state index >= 15 is 0 Å². The molecule has 3 nitrogen and oxygen atoms in total.